The lowest BCUT2D eigenvalue weighted by Gasteiger charge is -2.25. The number of hydrogen-bond acceptors (Lipinski definition) is 5. The van der Waals surface area contributed by atoms with Gasteiger partial charge in [-0.1, -0.05) is 29.8 Å². The molecule has 6 nitrogen and oxygen atoms in total. The van der Waals surface area contributed by atoms with E-state index in [-0.39, 0.29) is 5.91 Å². The third kappa shape index (κ3) is 6.92. The molecule has 0 radical (unpaired) electrons. The van der Waals surface area contributed by atoms with Crippen LogP contribution in [0.2, 0.25) is 5.02 Å². The number of rotatable bonds is 7. The van der Waals surface area contributed by atoms with Crippen molar-refractivity contribution in [3.63, 3.8) is 0 Å². The number of nitrogens with zero attached hydrogens (tertiary/aromatic N) is 2. The summed E-state index contributed by atoms with van der Waals surface area (Å²) in [4.78, 5) is 14.0. The van der Waals surface area contributed by atoms with Crippen LogP contribution in [0, 0.1) is 3.57 Å². The van der Waals surface area contributed by atoms with Crippen LogP contribution in [-0.2, 0) is 16.1 Å². The molecule has 1 saturated heterocycles. The van der Waals surface area contributed by atoms with E-state index in [0.29, 0.717) is 31.4 Å². The second-order valence-corrected chi connectivity index (χ2v) is 8.80. The van der Waals surface area contributed by atoms with Crippen molar-refractivity contribution in [2.45, 2.75) is 6.61 Å². The molecule has 0 atom stereocenters. The summed E-state index contributed by atoms with van der Waals surface area (Å²) in [6, 6.07) is 11.4. The van der Waals surface area contributed by atoms with Crippen LogP contribution in [0.4, 0.5) is 0 Å². The zero-order valence-corrected chi connectivity index (χ0v) is 20.0. The summed E-state index contributed by atoms with van der Waals surface area (Å²) in [6.07, 6.45) is 1.61. The van der Waals surface area contributed by atoms with Crippen molar-refractivity contribution >= 4 is 62.2 Å². The van der Waals surface area contributed by atoms with Gasteiger partial charge in [-0.05, 0) is 62.3 Å². The summed E-state index contributed by atoms with van der Waals surface area (Å²) in [5.41, 5.74) is 4.34. The minimum Gasteiger partial charge on any atom is -0.487 e. The molecule has 0 unspecified atom stereocenters. The van der Waals surface area contributed by atoms with Gasteiger partial charge in [-0.15, -0.1) is 0 Å². The lowest BCUT2D eigenvalue weighted by molar-refractivity contribution is -0.123. The quantitative estimate of drug-likeness (QED) is 0.299. The molecule has 0 aromatic heterocycles. The summed E-state index contributed by atoms with van der Waals surface area (Å²) in [5, 5.41) is 4.74. The van der Waals surface area contributed by atoms with Crippen LogP contribution in [0.25, 0.3) is 0 Å². The van der Waals surface area contributed by atoms with Crippen LogP contribution in [0.15, 0.2) is 46.0 Å². The summed E-state index contributed by atoms with van der Waals surface area (Å²) in [7, 11) is 0. The minimum absolute atomic E-state index is 0.142. The second-order valence-electron chi connectivity index (χ2n) is 6.38. The standard InChI is InChI=1S/C20H20BrClIN3O3/c21-16-9-14(11-24-25-19(27)12-26-5-7-28-8-6-26)10-18(23)20(16)29-13-15-3-1-2-4-17(15)22/h1-4,9-11H,5-8,12-13H2,(H,25,27)/b24-11+. The highest BCUT2D eigenvalue weighted by atomic mass is 127. The third-order valence-electron chi connectivity index (χ3n) is 4.22. The van der Waals surface area contributed by atoms with Crippen molar-refractivity contribution < 1.29 is 14.3 Å². The Morgan fingerprint density at radius 2 is 2.10 bits per heavy atom. The lowest BCUT2D eigenvalue weighted by atomic mass is 10.2. The van der Waals surface area contributed by atoms with E-state index in [2.05, 4.69) is 49.0 Å². The topological polar surface area (TPSA) is 63.2 Å². The molecule has 1 amide bonds. The molecule has 1 aliphatic heterocycles. The third-order valence-corrected chi connectivity index (χ3v) is 5.98. The van der Waals surface area contributed by atoms with Crippen molar-refractivity contribution in [1.82, 2.24) is 10.3 Å². The molecule has 154 valence electrons. The average molecular weight is 593 g/mol. The Balaban J connectivity index is 1.56. The Labute approximate surface area is 196 Å². The van der Waals surface area contributed by atoms with Gasteiger partial charge in [0.25, 0.3) is 5.91 Å². The van der Waals surface area contributed by atoms with Crippen molar-refractivity contribution in [2.75, 3.05) is 32.8 Å². The van der Waals surface area contributed by atoms with Gasteiger partial charge in [0.05, 0.1) is 34.0 Å². The fraction of sp³-hybridized carbons (Fsp3) is 0.300. The molecule has 1 fully saturated rings. The molecular weight excluding hydrogens is 572 g/mol. The molecule has 0 saturated carbocycles. The lowest BCUT2D eigenvalue weighted by Crippen LogP contribution is -2.42. The average Bonchev–Trinajstić information content (AvgIpc) is 2.69. The number of nitrogens with one attached hydrogen (secondary N) is 1. The highest BCUT2D eigenvalue weighted by Gasteiger charge is 2.14. The zero-order valence-electron chi connectivity index (χ0n) is 15.5. The number of halogens is 3. The van der Waals surface area contributed by atoms with Gasteiger partial charge in [0, 0.05) is 23.7 Å². The summed E-state index contributed by atoms with van der Waals surface area (Å²) in [6.45, 7) is 3.54. The molecular formula is C20H20BrClIN3O3. The molecule has 1 N–H and O–H groups in total. The van der Waals surface area contributed by atoms with E-state index < -0.39 is 0 Å². The summed E-state index contributed by atoms with van der Waals surface area (Å²) >= 11 is 11.9. The fourth-order valence-electron chi connectivity index (χ4n) is 2.73. The van der Waals surface area contributed by atoms with Crippen LogP contribution in [0.1, 0.15) is 11.1 Å². The Hall–Kier alpha value is -1.20. The van der Waals surface area contributed by atoms with E-state index >= 15 is 0 Å². The van der Waals surface area contributed by atoms with Crippen LogP contribution in [0.3, 0.4) is 0 Å². The van der Waals surface area contributed by atoms with Crippen molar-refractivity contribution in [2.24, 2.45) is 5.10 Å². The predicted molar refractivity (Wildman–Crippen MR) is 126 cm³/mol. The van der Waals surface area contributed by atoms with Crippen LogP contribution < -0.4 is 10.2 Å². The monoisotopic (exact) mass is 591 g/mol. The fourth-order valence-corrected chi connectivity index (χ4v) is 4.69. The molecule has 0 bridgehead atoms. The first-order valence-corrected chi connectivity index (χ1v) is 11.2. The first kappa shape index (κ1) is 22.5. The highest BCUT2D eigenvalue weighted by Crippen LogP contribution is 2.32. The molecule has 9 heteroatoms. The van der Waals surface area contributed by atoms with Crippen LogP contribution in [0.5, 0.6) is 5.75 Å². The van der Waals surface area contributed by atoms with E-state index in [1.807, 2.05) is 41.3 Å². The Morgan fingerprint density at radius 1 is 1.34 bits per heavy atom. The van der Waals surface area contributed by atoms with E-state index in [0.717, 1.165) is 38.0 Å². The number of carbonyl (C=O) groups excluding carboxylic acids is 1. The van der Waals surface area contributed by atoms with Crippen molar-refractivity contribution in [3.8, 4) is 5.75 Å². The maximum Gasteiger partial charge on any atom is 0.254 e. The van der Waals surface area contributed by atoms with E-state index in [1.54, 1.807) is 6.21 Å². The maximum absolute atomic E-state index is 12.0. The number of carbonyl (C=O) groups is 1. The first-order chi connectivity index (χ1) is 14.0. The predicted octanol–water partition coefficient (Wildman–Crippen LogP) is 4.07. The normalized spacial score (nSPS) is 14.9. The van der Waals surface area contributed by atoms with Gasteiger partial charge in [-0.2, -0.15) is 5.10 Å². The molecule has 1 heterocycles. The number of morpholine rings is 1. The van der Waals surface area contributed by atoms with Gasteiger partial charge in [-0.3, -0.25) is 9.69 Å². The van der Waals surface area contributed by atoms with Gasteiger partial charge < -0.3 is 9.47 Å². The number of hydrazone groups is 1. The number of benzene rings is 2. The van der Waals surface area contributed by atoms with Gasteiger partial charge >= 0.3 is 0 Å². The molecule has 3 rings (SSSR count). The molecule has 2 aromatic carbocycles. The van der Waals surface area contributed by atoms with Crippen molar-refractivity contribution in [1.29, 1.82) is 0 Å². The maximum atomic E-state index is 12.0. The van der Waals surface area contributed by atoms with Crippen molar-refractivity contribution in [3.05, 3.63) is 60.6 Å². The van der Waals surface area contributed by atoms with E-state index in [1.165, 1.54) is 0 Å². The molecule has 0 aliphatic carbocycles. The van der Waals surface area contributed by atoms with Gasteiger partial charge in [0.1, 0.15) is 12.4 Å². The number of ether oxygens (including phenoxy) is 2. The molecule has 1 aliphatic rings. The summed E-state index contributed by atoms with van der Waals surface area (Å²) in [5.74, 6) is 0.593. The van der Waals surface area contributed by atoms with Gasteiger partial charge in [0.2, 0.25) is 0 Å². The Bertz CT molecular complexity index is 868. The molecule has 29 heavy (non-hydrogen) atoms. The zero-order chi connectivity index (χ0) is 20.6. The van der Waals surface area contributed by atoms with E-state index in [9.17, 15) is 4.79 Å². The van der Waals surface area contributed by atoms with E-state index in [4.69, 9.17) is 21.1 Å². The molecule has 0 spiro atoms. The Morgan fingerprint density at radius 3 is 2.83 bits per heavy atom. The summed E-state index contributed by atoms with van der Waals surface area (Å²) < 4.78 is 12.9. The second kappa shape index (κ2) is 11.3. The van der Waals surface area contributed by atoms with Gasteiger partial charge in [-0.25, -0.2) is 5.43 Å². The minimum atomic E-state index is -0.142. The van der Waals surface area contributed by atoms with Crippen LogP contribution in [-0.4, -0.2) is 49.9 Å². The van der Waals surface area contributed by atoms with Gasteiger partial charge in [0.15, 0.2) is 0 Å². The van der Waals surface area contributed by atoms with Crippen LogP contribution >= 0.6 is 50.1 Å². The number of amides is 1. The Kier molecular flexibility index (Phi) is 8.73. The largest absolute Gasteiger partial charge is 0.487 e. The smallest absolute Gasteiger partial charge is 0.254 e. The first-order valence-electron chi connectivity index (χ1n) is 9.00. The number of hydrogen-bond donors (Lipinski definition) is 1. The SMILES string of the molecule is O=C(CN1CCOCC1)N/N=C/c1cc(Br)c(OCc2ccccc2Cl)c(I)c1. The molecule has 2 aromatic rings. The highest BCUT2D eigenvalue weighted by molar-refractivity contribution is 14.1.